The molecule has 1 aliphatic rings. The summed E-state index contributed by atoms with van der Waals surface area (Å²) in [5, 5.41) is 0.176. The maximum atomic E-state index is 12.7. The average Bonchev–Trinajstić information content (AvgIpc) is 3.49. The van der Waals surface area contributed by atoms with E-state index in [9.17, 15) is 8.42 Å². The van der Waals surface area contributed by atoms with Crippen molar-refractivity contribution in [1.29, 1.82) is 0 Å². The highest BCUT2D eigenvalue weighted by Gasteiger charge is 2.27. The van der Waals surface area contributed by atoms with Crippen LogP contribution in [-0.2, 0) is 29.5 Å². The molecule has 5 nitrogen and oxygen atoms in total. The number of aromatic nitrogens is 2. The Balaban J connectivity index is 1.64. The maximum absolute atomic E-state index is 12.7. The van der Waals surface area contributed by atoms with Crippen molar-refractivity contribution in [3.8, 4) is 0 Å². The SMILES string of the molecule is CCS(=O)(=O)c1ncc(CN(Cc2ccccc2)CC2CC2)n1Cc1ccccc1. The monoisotopic (exact) mass is 423 g/mol. The Kier molecular flexibility index (Phi) is 6.35. The third-order valence-corrected chi connectivity index (χ3v) is 7.23. The number of nitrogens with zero attached hydrogens (tertiary/aromatic N) is 3. The van der Waals surface area contributed by atoms with Crippen LogP contribution in [0, 0.1) is 5.92 Å². The lowest BCUT2D eigenvalue weighted by molar-refractivity contribution is 0.239. The molecular formula is C24H29N3O2S. The molecule has 0 bridgehead atoms. The van der Waals surface area contributed by atoms with Gasteiger partial charge in [-0.15, -0.1) is 0 Å². The minimum absolute atomic E-state index is 0.0496. The second-order valence-corrected chi connectivity index (χ2v) is 10.3. The van der Waals surface area contributed by atoms with Crippen LogP contribution >= 0.6 is 0 Å². The molecule has 1 aliphatic carbocycles. The molecule has 0 spiro atoms. The number of hydrogen-bond acceptors (Lipinski definition) is 4. The quantitative estimate of drug-likeness (QED) is 0.492. The fourth-order valence-corrected chi connectivity index (χ4v) is 4.74. The van der Waals surface area contributed by atoms with Crippen LogP contribution in [0.15, 0.2) is 72.0 Å². The van der Waals surface area contributed by atoms with Crippen LogP contribution in [-0.4, -0.2) is 35.2 Å². The van der Waals surface area contributed by atoms with Crippen LogP contribution in [0.1, 0.15) is 36.6 Å². The molecule has 1 aromatic heterocycles. The zero-order chi connectivity index (χ0) is 21.0. The third-order valence-electron chi connectivity index (χ3n) is 5.59. The number of imidazole rings is 1. The van der Waals surface area contributed by atoms with Gasteiger partial charge in [-0.1, -0.05) is 67.6 Å². The van der Waals surface area contributed by atoms with Crippen LogP contribution in [0.25, 0.3) is 0 Å². The van der Waals surface area contributed by atoms with Gasteiger partial charge in [0.1, 0.15) is 0 Å². The number of benzene rings is 2. The van der Waals surface area contributed by atoms with Crippen LogP contribution in [0.5, 0.6) is 0 Å². The summed E-state index contributed by atoms with van der Waals surface area (Å²) >= 11 is 0. The van der Waals surface area contributed by atoms with E-state index in [-0.39, 0.29) is 10.9 Å². The first-order valence-corrected chi connectivity index (χ1v) is 12.3. The molecule has 0 aliphatic heterocycles. The maximum Gasteiger partial charge on any atom is 0.228 e. The van der Waals surface area contributed by atoms with Gasteiger partial charge in [-0.25, -0.2) is 13.4 Å². The van der Waals surface area contributed by atoms with Crippen molar-refractivity contribution >= 4 is 9.84 Å². The van der Waals surface area contributed by atoms with Gasteiger partial charge in [-0.3, -0.25) is 4.90 Å². The van der Waals surface area contributed by atoms with Gasteiger partial charge in [-0.2, -0.15) is 0 Å². The largest absolute Gasteiger partial charge is 0.313 e. The summed E-state index contributed by atoms with van der Waals surface area (Å²) in [6.45, 7) is 4.74. The Morgan fingerprint density at radius 2 is 1.60 bits per heavy atom. The van der Waals surface area contributed by atoms with Crippen molar-refractivity contribution in [2.45, 2.75) is 44.6 Å². The van der Waals surface area contributed by atoms with E-state index in [1.807, 2.05) is 41.0 Å². The van der Waals surface area contributed by atoms with E-state index in [0.717, 1.165) is 30.3 Å². The molecule has 4 rings (SSSR count). The standard InChI is InChI=1S/C24H29N3O2S/c1-2-30(28,29)24-25-15-23(27(24)18-21-11-7-4-8-12-21)19-26(17-22-13-14-22)16-20-9-5-3-6-10-20/h3-12,15,22H,2,13-14,16-19H2,1H3. The van der Waals surface area contributed by atoms with Gasteiger partial charge < -0.3 is 4.57 Å². The van der Waals surface area contributed by atoms with Crippen LogP contribution in [0.2, 0.25) is 0 Å². The van der Waals surface area contributed by atoms with E-state index < -0.39 is 9.84 Å². The van der Waals surface area contributed by atoms with Crippen molar-refractivity contribution in [3.05, 3.63) is 83.7 Å². The molecule has 0 radical (unpaired) electrons. The highest BCUT2D eigenvalue weighted by Crippen LogP contribution is 2.31. The highest BCUT2D eigenvalue weighted by molar-refractivity contribution is 7.91. The molecule has 0 unspecified atom stereocenters. The van der Waals surface area contributed by atoms with Crippen LogP contribution in [0.3, 0.4) is 0 Å². The second kappa shape index (κ2) is 9.14. The molecule has 0 saturated heterocycles. The molecule has 0 atom stereocenters. The first-order chi connectivity index (χ1) is 14.5. The predicted octanol–water partition coefficient (Wildman–Crippen LogP) is 4.14. The number of sulfone groups is 1. The zero-order valence-corrected chi connectivity index (χ0v) is 18.3. The summed E-state index contributed by atoms with van der Waals surface area (Å²) in [4.78, 5) is 6.78. The van der Waals surface area contributed by atoms with E-state index in [1.54, 1.807) is 13.1 Å². The lowest BCUT2D eigenvalue weighted by Crippen LogP contribution is -2.27. The minimum atomic E-state index is -3.40. The van der Waals surface area contributed by atoms with E-state index in [0.29, 0.717) is 13.1 Å². The molecule has 3 aromatic rings. The highest BCUT2D eigenvalue weighted by atomic mass is 32.2. The Bertz CT molecular complexity index is 1060. The summed E-state index contributed by atoms with van der Waals surface area (Å²) in [6, 6.07) is 20.4. The summed E-state index contributed by atoms with van der Waals surface area (Å²) in [5.74, 6) is 0.798. The Labute approximate surface area is 179 Å². The van der Waals surface area contributed by atoms with Gasteiger partial charge in [0.25, 0.3) is 0 Å². The predicted molar refractivity (Wildman–Crippen MR) is 119 cm³/mol. The number of rotatable bonds is 10. The second-order valence-electron chi connectivity index (χ2n) is 8.11. The van der Waals surface area contributed by atoms with Gasteiger partial charge in [-0.05, 0) is 29.9 Å². The van der Waals surface area contributed by atoms with Crippen molar-refractivity contribution in [3.63, 3.8) is 0 Å². The van der Waals surface area contributed by atoms with Crippen molar-refractivity contribution in [1.82, 2.24) is 14.5 Å². The molecule has 0 amide bonds. The number of hydrogen-bond donors (Lipinski definition) is 0. The third kappa shape index (κ3) is 5.18. The molecule has 0 N–H and O–H groups in total. The smallest absolute Gasteiger partial charge is 0.228 e. The van der Waals surface area contributed by atoms with E-state index >= 15 is 0 Å². The first-order valence-electron chi connectivity index (χ1n) is 10.6. The molecule has 30 heavy (non-hydrogen) atoms. The molecule has 1 fully saturated rings. The van der Waals surface area contributed by atoms with E-state index in [2.05, 4.69) is 34.1 Å². The molecule has 1 saturated carbocycles. The molecular weight excluding hydrogens is 394 g/mol. The first kappa shape index (κ1) is 20.8. The van der Waals surface area contributed by atoms with E-state index in [1.165, 1.54) is 18.4 Å². The van der Waals surface area contributed by atoms with Gasteiger partial charge in [0.2, 0.25) is 15.0 Å². The summed E-state index contributed by atoms with van der Waals surface area (Å²) in [5.41, 5.74) is 3.29. The lowest BCUT2D eigenvalue weighted by atomic mass is 10.2. The molecule has 2 aromatic carbocycles. The topological polar surface area (TPSA) is 55.2 Å². The lowest BCUT2D eigenvalue weighted by Gasteiger charge is -2.23. The average molecular weight is 424 g/mol. The van der Waals surface area contributed by atoms with Gasteiger partial charge in [0.05, 0.1) is 24.2 Å². The van der Waals surface area contributed by atoms with Crippen LogP contribution in [0.4, 0.5) is 0 Å². The van der Waals surface area contributed by atoms with Gasteiger partial charge >= 0.3 is 0 Å². The van der Waals surface area contributed by atoms with Gasteiger partial charge in [0.15, 0.2) is 0 Å². The van der Waals surface area contributed by atoms with Crippen molar-refractivity contribution in [2.24, 2.45) is 5.92 Å². The molecule has 1 heterocycles. The normalized spacial score (nSPS) is 14.3. The van der Waals surface area contributed by atoms with Crippen molar-refractivity contribution < 1.29 is 8.42 Å². The fraction of sp³-hybridized carbons (Fsp3) is 0.375. The fourth-order valence-electron chi connectivity index (χ4n) is 3.75. The minimum Gasteiger partial charge on any atom is -0.313 e. The Hall–Kier alpha value is -2.44. The van der Waals surface area contributed by atoms with E-state index in [4.69, 9.17) is 0 Å². The zero-order valence-electron chi connectivity index (χ0n) is 17.4. The van der Waals surface area contributed by atoms with Crippen molar-refractivity contribution in [2.75, 3.05) is 12.3 Å². The Morgan fingerprint density at radius 1 is 0.967 bits per heavy atom. The summed E-state index contributed by atoms with van der Waals surface area (Å²) in [6.07, 6.45) is 4.31. The van der Waals surface area contributed by atoms with Gasteiger partial charge in [0, 0.05) is 19.6 Å². The molecule has 6 heteroatoms. The van der Waals surface area contributed by atoms with Crippen LogP contribution < -0.4 is 0 Å². The summed E-state index contributed by atoms with van der Waals surface area (Å²) < 4.78 is 27.3. The Morgan fingerprint density at radius 3 is 2.20 bits per heavy atom. The summed E-state index contributed by atoms with van der Waals surface area (Å²) in [7, 11) is -3.40. The molecule has 158 valence electrons.